The van der Waals surface area contributed by atoms with Gasteiger partial charge < -0.3 is 9.84 Å². The summed E-state index contributed by atoms with van der Waals surface area (Å²) in [5, 5.41) is 10.6. The number of aliphatic hydroxyl groups excluding tert-OH is 1. The van der Waals surface area contributed by atoms with Crippen LogP contribution in [-0.4, -0.2) is 35.3 Å². The van der Waals surface area contributed by atoms with Crippen LogP contribution in [0.15, 0.2) is 12.1 Å². The lowest BCUT2D eigenvalue weighted by atomic mass is 9.89. The van der Waals surface area contributed by atoms with Gasteiger partial charge in [0.25, 0.3) is 0 Å². The Kier molecular flexibility index (Phi) is 4.23. The topological polar surface area (TPSA) is 32.7 Å². The molecule has 2 aliphatic heterocycles. The summed E-state index contributed by atoms with van der Waals surface area (Å²) in [4.78, 5) is 2.54. The molecule has 2 aliphatic rings. The Hall–Kier alpha value is -1.06. The maximum absolute atomic E-state index is 10.6. The van der Waals surface area contributed by atoms with Gasteiger partial charge >= 0.3 is 0 Å². The van der Waals surface area contributed by atoms with Gasteiger partial charge in [-0.2, -0.15) is 0 Å². The Balaban J connectivity index is 2.02. The quantitative estimate of drug-likeness (QED) is 0.906. The number of ether oxygens (including phenoxy) is 1. The van der Waals surface area contributed by atoms with E-state index >= 15 is 0 Å². The number of aliphatic hydroxyl groups is 1. The first-order valence-corrected chi connectivity index (χ1v) is 8.29. The molecule has 1 fully saturated rings. The van der Waals surface area contributed by atoms with Gasteiger partial charge in [-0.15, -0.1) is 0 Å². The summed E-state index contributed by atoms with van der Waals surface area (Å²) in [7, 11) is 0. The van der Waals surface area contributed by atoms with E-state index < -0.39 is 6.10 Å². The molecule has 21 heavy (non-hydrogen) atoms. The van der Waals surface area contributed by atoms with Gasteiger partial charge in [-0.05, 0) is 45.2 Å². The number of benzene rings is 1. The second-order valence-corrected chi connectivity index (χ2v) is 6.62. The monoisotopic (exact) mass is 289 g/mol. The molecule has 0 saturated carbocycles. The van der Waals surface area contributed by atoms with Crippen LogP contribution < -0.4 is 4.74 Å². The van der Waals surface area contributed by atoms with Crippen molar-refractivity contribution in [3.8, 4) is 5.75 Å². The lowest BCUT2D eigenvalue weighted by molar-refractivity contribution is -0.0293. The van der Waals surface area contributed by atoms with E-state index in [0.29, 0.717) is 12.6 Å². The van der Waals surface area contributed by atoms with Gasteiger partial charge in [0.1, 0.15) is 18.5 Å². The molecule has 2 heterocycles. The van der Waals surface area contributed by atoms with E-state index in [4.69, 9.17) is 4.74 Å². The molecule has 3 nitrogen and oxygen atoms in total. The largest absolute Gasteiger partial charge is 0.490 e. The summed E-state index contributed by atoms with van der Waals surface area (Å²) in [6.45, 7) is 7.99. The van der Waals surface area contributed by atoms with Crippen LogP contribution in [0.1, 0.15) is 55.3 Å². The van der Waals surface area contributed by atoms with E-state index in [9.17, 15) is 5.11 Å². The minimum absolute atomic E-state index is 0.0950. The smallest absolute Gasteiger partial charge is 0.127 e. The summed E-state index contributed by atoms with van der Waals surface area (Å²) >= 11 is 0. The zero-order valence-corrected chi connectivity index (χ0v) is 13.4. The van der Waals surface area contributed by atoms with Crippen molar-refractivity contribution < 1.29 is 9.84 Å². The third-order valence-corrected chi connectivity index (χ3v) is 5.03. The molecular weight excluding hydrogens is 262 g/mol. The standard InChI is InChI=1S/C18H27NO2/c1-4-14-7-5-6-8-19(14)17-15-10-12(2)9-13(3)18(15)21-11-16(17)20/h9-10,14,16-17,20H,4-8,11H2,1-3H3. The Bertz CT molecular complexity index is 514. The summed E-state index contributed by atoms with van der Waals surface area (Å²) in [6, 6.07) is 5.06. The number of aryl methyl sites for hydroxylation is 2. The summed E-state index contributed by atoms with van der Waals surface area (Å²) in [6.07, 6.45) is 4.53. The average Bonchev–Trinajstić information content (AvgIpc) is 2.47. The summed E-state index contributed by atoms with van der Waals surface area (Å²) in [5.41, 5.74) is 3.62. The highest BCUT2D eigenvalue weighted by atomic mass is 16.5. The van der Waals surface area contributed by atoms with Crippen molar-refractivity contribution >= 4 is 0 Å². The third kappa shape index (κ3) is 2.69. The molecule has 1 saturated heterocycles. The van der Waals surface area contributed by atoms with E-state index in [0.717, 1.165) is 18.7 Å². The van der Waals surface area contributed by atoms with E-state index in [2.05, 4.69) is 37.8 Å². The molecule has 1 N–H and O–H groups in total. The maximum atomic E-state index is 10.6. The molecule has 0 aliphatic carbocycles. The van der Waals surface area contributed by atoms with Crippen molar-refractivity contribution in [3.05, 3.63) is 28.8 Å². The Morgan fingerprint density at radius 2 is 2.10 bits per heavy atom. The van der Waals surface area contributed by atoms with Gasteiger partial charge in [-0.1, -0.05) is 31.0 Å². The lowest BCUT2D eigenvalue weighted by Crippen LogP contribution is -2.49. The van der Waals surface area contributed by atoms with Crippen molar-refractivity contribution in [1.82, 2.24) is 4.90 Å². The third-order valence-electron chi connectivity index (χ3n) is 5.03. The molecule has 1 aromatic carbocycles. The van der Waals surface area contributed by atoms with Crippen LogP contribution in [0.3, 0.4) is 0 Å². The number of likely N-dealkylation sites (tertiary alicyclic amines) is 1. The van der Waals surface area contributed by atoms with E-state index in [1.807, 2.05) is 0 Å². The molecular formula is C18H27NO2. The van der Waals surface area contributed by atoms with E-state index in [1.54, 1.807) is 0 Å². The van der Waals surface area contributed by atoms with Crippen LogP contribution in [0.25, 0.3) is 0 Å². The SMILES string of the molecule is CCC1CCCCN1C1c2cc(C)cc(C)c2OCC1O. The van der Waals surface area contributed by atoms with Crippen LogP contribution >= 0.6 is 0 Å². The highest BCUT2D eigenvalue weighted by molar-refractivity contribution is 5.47. The van der Waals surface area contributed by atoms with Gasteiger partial charge in [-0.3, -0.25) is 4.90 Å². The number of nitrogens with zero attached hydrogens (tertiary/aromatic N) is 1. The lowest BCUT2D eigenvalue weighted by Gasteiger charge is -2.45. The number of hydrogen-bond donors (Lipinski definition) is 1. The molecule has 0 amide bonds. The second kappa shape index (κ2) is 5.98. The fourth-order valence-corrected chi connectivity index (χ4v) is 4.10. The first-order chi connectivity index (χ1) is 10.1. The summed E-state index contributed by atoms with van der Waals surface area (Å²) in [5.74, 6) is 0.997. The fraction of sp³-hybridized carbons (Fsp3) is 0.667. The molecule has 3 atom stereocenters. The zero-order valence-electron chi connectivity index (χ0n) is 13.4. The van der Waals surface area contributed by atoms with Crippen molar-refractivity contribution in [3.63, 3.8) is 0 Å². The van der Waals surface area contributed by atoms with Crippen molar-refractivity contribution in [2.24, 2.45) is 0 Å². The number of fused-ring (bicyclic) bond motifs is 1. The van der Waals surface area contributed by atoms with Gasteiger partial charge in [0.05, 0.1) is 6.04 Å². The van der Waals surface area contributed by atoms with Crippen molar-refractivity contribution in [2.45, 2.75) is 64.6 Å². The molecule has 0 spiro atoms. The highest BCUT2D eigenvalue weighted by Gasteiger charge is 2.38. The van der Waals surface area contributed by atoms with Crippen LogP contribution in [0.4, 0.5) is 0 Å². The minimum Gasteiger partial charge on any atom is -0.490 e. The normalized spacial score (nSPS) is 29.8. The number of rotatable bonds is 2. The van der Waals surface area contributed by atoms with Crippen LogP contribution in [0.2, 0.25) is 0 Å². The Morgan fingerprint density at radius 1 is 1.29 bits per heavy atom. The molecule has 3 heteroatoms. The summed E-state index contributed by atoms with van der Waals surface area (Å²) < 4.78 is 5.83. The molecule has 3 rings (SSSR count). The van der Waals surface area contributed by atoms with E-state index in [-0.39, 0.29) is 6.04 Å². The van der Waals surface area contributed by atoms with Gasteiger partial charge in [0, 0.05) is 11.6 Å². The predicted molar refractivity (Wildman–Crippen MR) is 84.8 cm³/mol. The molecule has 1 aromatic rings. The maximum Gasteiger partial charge on any atom is 0.127 e. The Morgan fingerprint density at radius 3 is 2.86 bits per heavy atom. The van der Waals surface area contributed by atoms with Crippen LogP contribution in [-0.2, 0) is 0 Å². The van der Waals surface area contributed by atoms with Crippen LogP contribution in [0.5, 0.6) is 5.75 Å². The predicted octanol–water partition coefficient (Wildman–Crippen LogP) is 3.36. The van der Waals surface area contributed by atoms with Gasteiger partial charge in [0.15, 0.2) is 0 Å². The second-order valence-electron chi connectivity index (χ2n) is 6.62. The van der Waals surface area contributed by atoms with Gasteiger partial charge in [-0.25, -0.2) is 0 Å². The first kappa shape index (κ1) is 14.9. The molecule has 0 radical (unpaired) electrons. The van der Waals surface area contributed by atoms with Gasteiger partial charge in [0.2, 0.25) is 0 Å². The van der Waals surface area contributed by atoms with E-state index in [1.165, 1.54) is 36.0 Å². The molecule has 116 valence electrons. The van der Waals surface area contributed by atoms with Crippen LogP contribution in [0, 0.1) is 13.8 Å². The zero-order chi connectivity index (χ0) is 15.0. The van der Waals surface area contributed by atoms with Crippen molar-refractivity contribution in [2.75, 3.05) is 13.2 Å². The first-order valence-electron chi connectivity index (χ1n) is 8.29. The average molecular weight is 289 g/mol. The van der Waals surface area contributed by atoms with Crippen molar-refractivity contribution in [1.29, 1.82) is 0 Å². The molecule has 3 unspecified atom stereocenters. The fourth-order valence-electron chi connectivity index (χ4n) is 4.10. The molecule has 0 bridgehead atoms. The number of piperidine rings is 1. The highest BCUT2D eigenvalue weighted by Crippen LogP contribution is 2.41. The Labute approximate surface area is 127 Å². The minimum atomic E-state index is -0.425. The molecule has 0 aromatic heterocycles. The number of hydrogen-bond acceptors (Lipinski definition) is 3.